The van der Waals surface area contributed by atoms with Crippen molar-refractivity contribution in [3.63, 3.8) is 0 Å². The van der Waals surface area contributed by atoms with E-state index in [9.17, 15) is 0 Å². The molecule has 122 valence electrons. The Balaban J connectivity index is 1.61. The SMILES string of the molecule is Clc1ccc(Oc2ccccc2)c(CNCC2CCNCC2)c1. The number of halogens is 1. The van der Waals surface area contributed by atoms with Gasteiger partial charge < -0.3 is 15.4 Å². The van der Waals surface area contributed by atoms with E-state index in [0.717, 1.165) is 54.2 Å². The molecule has 2 aromatic rings. The lowest BCUT2D eigenvalue weighted by Gasteiger charge is -2.23. The highest BCUT2D eigenvalue weighted by Gasteiger charge is 2.13. The molecule has 1 aliphatic rings. The fourth-order valence-electron chi connectivity index (χ4n) is 2.90. The van der Waals surface area contributed by atoms with Gasteiger partial charge in [-0.1, -0.05) is 29.8 Å². The van der Waals surface area contributed by atoms with Crippen LogP contribution < -0.4 is 15.4 Å². The molecule has 0 aliphatic carbocycles. The fourth-order valence-corrected chi connectivity index (χ4v) is 3.09. The van der Waals surface area contributed by atoms with E-state index in [-0.39, 0.29) is 0 Å². The average molecular weight is 331 g/mol. The van der Waals surface area contributed by atoms with Crippen LogP contribution in [0.5, 0.6) is 11.5 Å². The molecule has 0 radical (unpaired) electrons. The van der Waals surface area contributed by atoms with Crippen LogP contribution in [0.2, 0.25) is 5.02 Å². The largest absolute Gasteiger partial charge is 0.457 e. The predicted octanol–water partition coefficient (Wildman–Crippen LogP) is 4.22. The van der Waals surface area contributed by atoms with Crippen molar-refractivity contribution in [2.75, 3.05) is 19.6 Å². The number of para-hydroxylation sites is 1. The van der Waals surface area contributed by atoms with Crippen LogP contribution in [-0.2, 0) is 6.54 Å². The Morgan fingerprint density at radius 2 is 1.87 bits per heavy atom. The Bertz CT molecular complexity index is 612. The van der Waals surface area contributed by atoms with E-state index in [1.165, 1.54) is 12.8 Å². The molecule has 23 heavy (non-hydrogen) atoms. The number of benzene rings is 2. The zero-order valence-corrected chi connectivity index (χ0v) is 14.0. The lowest BCUT2D eigenvalue weighted by molar-refractivity contribution is 0.355. The lowest BCUT2D eigenvalue weighted by Crippen LogP contribution is -2.33. The number of piperidine rings is 1. The highest BCUT2D eigenvalue weighted by molar-refractivity contribution is 6.30. The molecule has 0 spiro atoms. The van der Waals surface area contributed by atoms with Gasteiger partial charge in [-0.15, -0.1) is 0 Å². The number of nitrogens with one attached hydrogen (secondary N) is 2. The summed E-state index contributed by atoms with van der Waals surface area (Å²) in [6.07, 6.45) is 2.49. The van der Waals surface area contributed by atoms with Gasteiger partial charge in [0.2, 0.25) is 0 Å². The second-order valence-electron chi connectivity index (χ2n) is 5.99. The minimum absolute atomic E-state index is 0.740. The summed E-state index contributed by atoms with van der Waals surface area (Å²) < 4.78 is 6.00. The normalized spacial score (nSPS) is 15.5. The first-order valence-electron chi connectivity index (χ1n) is 8.24. The van der Waals surface area contributed by atoms with Gasteiger partial charge in [-0.3, -0.25) is 0 Å². The molecule has 4 heteroatoms. The molecule has 0 amide bonds. The standard InChI is InChI=1S/C19H23ClN2O/c20-17-6-7-19(23-18-4-2-1-3-5-18)16(12-17)14-22-13-15-8-10-21-11-9-15/h1-7,12,15,21-22H,8-11,13-14H2. The summed E-state index contributed by atoms with van der Waals surface area (Å²) in [7, 11) is 0. The molecule has 3 rings (SSSR count). The van der Waals surface area contributed by atoms with E-state index in [1.807, 2.05) is 48.5 Å². The van der Waals surface area contributed by atoms with Crippen LogP contribution in [0.3, 0.4) is 0 Å². The minimum atomic E-state index is 0.740. The zero-order chi connectivity index (χ0) is 15.9. The summed E-state index contributed by atoms with van der Waals surface area (Å²) in [5.41, 5.74) is 1.09. The van der Waals surface area contributed by atoms with Gasteiger partial charge in [0.15, 0.2) is 0 Å². The predicted molar refractivity (Wildman–Crippen MR) is 95.3 cm³/mol. The Morgan fingerprint density at radius 1 is 1.09 bits per heavy atom. The molecular formula is C19H23ClN2O. The second-order valence-corrected chi connectivity index (χ2v) is 6.43. The van der Waals surface area contributed by atoms with Gasteiger partial charge in [0.25, 0.3) is 0 Å². The molecule has 0 unspecified atom stereocenters. The number of rotatable bonds is 6. The Kier molecular flexibility index (Phi) is 5.92. The van der Waals surface area contributed by atoms with E-state index >= 15 is 0 Å². The summed E-state index contributed by atoms with van der Waals surface area (Å²) in [6.45, 7) is 4.07. The van der Waals surface area contributed by atoms with Gasteiger partial charge in [-0.2, -0.15) is 0 Å². The van der Waals surface area contributed by atoms with Crippen molar-refractivity contribution >= 4 is 11.6 Å². The van der Waals surface area contributed by atoms with E-state index in [4.69, 9.17) is 16.3 Å². The van der Waals surface area contributed by atoms with Crippen molar-refractivity contribution in [2.24, 2.45) is 5.92 Å². The van der Waals surface area contributed by atoms with Crippen molar-refractivity contribution in [2.45, 2.75) is 19.4 Å². The first-order chi connectivity index (χ1) is 11.3. The van der Waals surface area contributed by atoms with Crippen molar-refractivity contribution in [3.05, 3.63) is 59.1 Å². The highest BCUT2D eigenvalue weighted by Crippen LogP contribution is 2.28. The van der Waals surface area contributed by atoms with Gasteiger partial charge in [-0.25, -0.2) is 0 Å². The molecular weight excluding hydrogens is 308 g/mol. The topological polar surface area (TPSA) is 33.3 Å². The molecule has 3 nitrogen and oxygen atoms in total. The van der Waals surface area contributed by atoms with Crippen LogP contribution in [0.25, 0.3) is 0 Å². The van der Waals surface area contributed by atoms with Crippen LogP contribution in [0.15, 0.2) is 48.5 Å². The first-order valence-corrected chi connectivity index (χ1v) is 8.62. The third-order valence-corrected chi connectivity index (χ3v) is 4.44. The minimum Gasteiger partial charge on any atom is -0.457 e. The summed E-state index contributed by atoms with van der Waals surface area (Å²) in [5.74, 6) is 2.46. The molecule has 2 aromatic carbocycles. The maximum Gasteiger partial charge on any atom is 0.132 e. The van der Waals surface area contributed by atoms with Crippen LogP contribution in [-0.4, -0.2) is 19.6 Å². The maximum absolute atomic E-state index is 6.16. The summed E-state index contributed by atoms with van der Waals surface area (Å²) in [5, 5.41) is 7.70. The van der Waals surface area contributed by atoms with Crippen molar-refractivity contribution < 1.29 is 4.74 Å². The highest BCUT2D eigenvalue weighted by atomic mass is 35.5. The summed E-state index contributed by atoms with van der Waals surface area (Å²) in [6, 6.07) is 15.6. The van der Waals surface area contributed by atoms with Gasteiger partial charge in [0.05, 0.1) is 0 Å². The van der Waals surface area contributed by atoms with Crippen molar-refractivity contribution in [3.8, 4) is 11.5 Å². The maximum atomic E-state index is 6.16. The quantitative estimate of drug-likeness (QED) is 0.832. The van der Waals surface area contributed by atoms with Gasteiger partial charge in [-0.05, 0) is 68.7 Å². The molecule has 0 bridgehead atoms. The Morgan fingerprint density at radius 3 is 2.65 bits per heavy atom. The monoisotopic (exact) mass is 330 g/mol. The van der Waals surface area contributed by atoms with Gasteiger partial charge in [0.1, 0.15) is 11.5 Å². The molecule has 1 fully saturated rings. The van der Waals surface area contributed by atoms with E-state index in [2.05, 4.69) is 10.6 Å². The van der Waals surface area contributed by atoms with Crippen LogP contribution in [0.4, 0.5) is 0 Å². The summed E-state index contributed by atoms with van der Waals surface area (Å²) >= 11 is 6.16. The molecule has 0 saturated carbocycles. The smallest absolute Gasteiger partial charge is 0.132 e. The van der Waals surface area contributed by atoms with E-state index in [0.29, 0.717) is 0 Å². The molecule has 2 N–H and O–H groups in total. The Labute approximate surface area is 143 Å². The molecule has 0 aromatic heterocycles. The van der Waals surface area contributed by atoms with Crippen LogP contribution >= 0.6 is 11.6 Å². The van der Waals surface area contributed by atoms with Crippen LogP contribution in [0, 0.1) is 5.92 Å². The summed E-state index contributed by atoms with van der Waals surface area (Å²) in [4.78, 5) is 0. The molecule has 1 heterocycles. The zero-order valence-electron chi connectivity index (χ0n) is 13.2. The second kappa shape index (κ2) is 8.34. The number of hydrogen-bond donors (Lipinski definition) is 2. The molecule has 1 aliphatic heterocycles. The fraction of sp³-hybridized carbons (Fsp3) is 0.368. The van der Waals surface area contributed by atoms with Gasteiger partial charge in [0, 0.05) is 17.1 Å². The number of hydrogen-bond acceptors (Lipinski definition) is 3. The van der Waals surface area contributed by atoms with E-state index < -0.39 is 0 Å². The molecule has 1 saturated heterocycles. The van der Waals surface area contributed by atoms with Crippen molar-refractivity contribution in [1.82, 2.24) is 10.6 Å². The third kappa shape index (κ3) is 4.96. The van der Waals surface area contributed by atoms with E-state index in [1.54, 1.807) is 0 Å². The average Bonchev–Trinajstić information content (AvgIpc) is 2.59. The third-order valence-electron chi connectivity index (χ3n) is 4.20. The first kappa shape index (κ1) is 16.3. The van der Waals surface area contributed by atoms with Gasteiger partial charge >= 0.3 is 0 Å². The molecule has 0 atom stereocenters. The van der Waals surface area contributed by atoms with Crippen molar-refractivity contribution in [1.29, 1.82) is 0 Å². The lowest BCUT2D eigenvalue weighted by atomic mass is 9.98. The Hall–Kier alpha value is -1.55. The van der Waals surface area contributed by atoms with Crippen LogP contribution in [0.1, 0.15) is 18.4 Å². The number of ether oxygens (including phenoxy) is 1.